The van der Waals surface area contributed by atoms with Gasteiger partial charge in [0.15, 0.2) is 0 Å². The zero-order valence-corrected chi connectivity index (χ0v) is 12.2. The number of carbonyl (C=O) groups is 2. The Morgan fingerprint density at radius 2 is 1.72 bits per heavy atom. The molecule has 18 heavy (non-hydrogen) atoms. The molecule has 0 rings (SSSR count). The topological polar surface area (TPSA) is 57.6 Å². The quantitative estimate of drug-likeness (QED) is 0.646. The third-order valence-electron chi connectivity index (χ3n) is 3.40. The van der Waals surface area contributed by atoms with Gasteiger partial charge in [-0.2, -0.15) is 0 Å². The van der Waals surface area contributed by atoms with Crippen LogP contribution in [0, 0.1) is 0 Å². The SMILES string of the molecule is CCCCCCC(C)(C(=O)O)N(CCC)C(C)=O. The molecule has 4 heteroatoms. The van der Waals surface area contributed by atoms with Crippen LogP contribution in [-0.2, 0) is 9.59 Å². The molecular weight excluding hydrogens is 230 g/mol. The summed E-state index contributed by atoms with van der Waals surface area (Å²) in [5.74, 6) is -1.06. The molecule has 4 nitrogen and oxygen atoms in total. The lowest BCUT2D eigenvalue weighted by Gasteiger charge is -2.37. The summed E-state index contributed by atoms with van der Waals surface area (Å²) < 4.78 is 0. The van der Waals surface area contributed by atoms with E-state index in [-0.39, 0.29) is 5.91 Å². The number of unbranched alkanes of at least 4 members (excludes halogenated alkanes) is 3. The minimum absolute atomic E-state index is 0.155. The summed E-state index contributed by atoms with van der Waals surface area (Å²) in [4.78, 5) is 24.6. The van der Waals surface area contributed by atoms with Gasteiger partial charge >= 0.3 is 5.97 Å². The van der Waals surface area contributed by atoms with Crippen molar-refractivity contribution in [1.82, 2.24) is 4.90 Å². The maximum absolute atomic E-state index is 11.6. The molecule has 0 spiro atoms. The summed E-state index contributed by atoms with van der Waals surface area (Å²) >= 11 is 0. The molecule has 0 heterocycles. The number of aliphatic carboxylic acids is 1. The Morgan fingerprint density at radius 1 is 1.11 bits per heavy atom. The van der Waals surface area contributed by atoms with Gasteiger partial charge in [-0.3, -0.25) is 4.79 Å². The third kappa shape index (κ3) is 4.67. The van der Waals surface area contributed by atoms with Crippen molar-refractivity contribution in [3.63, 3.8) is 0 Å². The van der Waals surface area contributed by atoms with Crippen molar-refractivity contribution < 1.29 is 14.7 Å². The van der Waals surface area contributed by atoms with E-state index in [1.54, 1.807) is 6.92 Å². The maximum atomic E-state index is 11.6. The highest BCUT2D eigenvalue weighted by molar-refractivity contribution is 5.85. The largest absolute Gasteiger partial charge is 0.480 e. The zero-order valence-electron chi connectivity index (χ0n) is 12.2. The fraction of sp³-hybridized carbons (Fsp3) is 0.857. The Morgan fingerprint density at radius 3 is 2.11 bits per heavy atom. The maximum Gasteiger partial charge on any atom is 0.329 e. The van der Waals surface area contributed by atoms with Crippen molar-refractivity contribution in [3.8, 4) is 0 Å². The molecule has 0 fully saturated rings. The van der Waals surface area contributed by atoms with E-state index in [0.717, 1.165) is 32.1 Å². The van der Waals surface area contributed by atoms with Crippen LogP contribution in [0.3, 0.4) is 0 Å². The van der Waals surface area contributed by atoms with Crippen LogP contribution in [-0.4, -0.2) is 34.0 Å². The monoisotopic (exact) mass is 257 g/mol. The van der Waals surface area contributed by atoms with Crippen molar-refractivity contribution in [1.29, 1.82) is 0 Å². The molecule has 0 saturated heterocycles. The molecule has 106 valence electrons. The zero-order chi connectivity index (χ0) is 14.2. The van der Waals surface area contributed by atoms with Crippen molar-refractivity contribution in [2.24, 2.45) is 0 Å². The molecule has 1 atom stereocenters. The lowest BCUT2D eigenvalue weighted by Crippen LogP contribution is -2.54. The van der Waals surface area contributed by atoms with E-state index in [2.05, 4.69) is 6.92 Å². The van der Waals surface area contributed by atoms with Gasteiger partial charge in [-0.15, -0.1) is 0 Å². The summed E-state index contributed by atoms with van der Waals surface area (Å²) in [5, 5.41) is 9.44. The summed E-state index contributed by atoms with van der Waals surface area (Å²) in [5.41, 5.74) is -1.06. The smallest absolute Gasteiger partial charge is 0.329 e. The summed E-state index contributed by atoms with van der Waals surface area (Å²) in [7, 11) is 0. The van der Waals surface area contributed by atoms with E-state index in [1.165, 1.54) is 11.8 Å². The minimum atomic E-state index is -1.06. The number of rotatable bonds is 9. The predicted molar refractivity (Wildman–Crippen MR) is 72.5 cm³/mol. The molecule has 0 aliphatic carbocycles. The van der Waals surface area contributed by atoms with E-state index in [1.807, 2.05) is 6.92 Å². The Balaban J connectivity index is 4.75. The highest BCUT2D eigenvalue weighted by atomic mass is 16.4. The van der Waals surface area contributed by atoms with E-state index in [0.29, 0.717) is 13.0 Å². The Bertz CT molecular complexity index is 278. The second-order valence-electron chi connectivity index (χ2n) is 5.06. The molecule has 0 aromatic heterocycles. The standard InChI is InChI=1S/C14H27NO3/c1-5-7-8-9-10-14(4,13(17)18)15(11-6-2)12(3)16/h5-11H2,1-4H3,(H,17,18). The number of carbonyl (C=O) groups excluding carboxylic acids is 1. The van der Waals surface area contributed by atoms with Crippen LogP contribution in [0.25, 0.3) is 0 Å². The second kappa shape index (κ2) is 8.11. The lowest BCUT2D eigenvalue weighted by molar-refractivity contribution is -0.158. The number of hydrogen-bond donors (Lipinski definition) is 1. The van der Waals surface area contributed by atoms with E-state index in [4.69, 9.17) is 0 Å². The first kappa shape index (κ1) is 16.9. The molecule has 1 amide bonds. The normalized spacial score (nSPS) is 14.0. The van der Waals surface area contributed by atoms with Crippen molar-refractivity contribution in [2.45, 2.75) is 71.8 Å². The van der Waals surface area contributed by atoms with Crippen LogP contribution in [0.4, 0.5) is 0 Å². The number of hydrogen-bond acceptors (Lipinski definition) is 2. The van der Waals surface area contributed by atoms with Crippen molar-refractivity contribution in [2.75, 3.05) is 6.54 Å². The van der Waals surface area contributed by atoms with Crippen LogP contribution in [0.5, 0.6) is 0 Å². The molecule has 0 radical (unpaired) electrons. The number of carboxylic acids is 1. The third-order valence-corrected chi connectivity index (χ3v) is 3.40. The van der Waals surface area contributed by atoms with E-state index >= 15 is 0 Å². The van der Waals surface area contributed by atoms with Crippen molar-refractivity contribution >= 4 is 11.9 Å². The second-order valence-corrected chi connectivity index (χ2v) is 5.06. The van der Waals surface area contributed by atoms with Gasteiger partial charge in [-0.25, -0.2) is 4.79 Å². The average molecular weight is 257 g/mol. The summed E-state index contributed by atoms with van der Waals surface area (Å²) in [6.07, 6.45) is 5.42. The molecule has 0 aromatic rings. The molecule has 0 aromatic carbocycles. The molecule has 1 unspecified atom stereocenters. The molecule has 1 N–H and O–H groups in total. The van der Waals surface area contributed by atoms with E-state index in [9.17, 15) is 14.7 Å². The Kier molecular flexibility index (Phi) is 7.64. The van der Waals surface area contributed by atoms with Gasteiger partial charge in [-0.1, -0.05) is 39.5 Å². The van der Waals surface area contributed by atoms with Gasteiger partial charge in [-0.05, 0) is 19.8 Å². The van der Waals surface area contributed by atoms with Gasteiger partial charge in [0.25, 0.3) is 0 Å². The van der Waals surface area contributed by atoms with Gasteiger partial charge in [0.1, 0.15) is 5.54 Å². The van der Waals surface area contributed by atoms with Crippen LogP contribution in [0.2, 0.25) is 0 Å². The number of nitrogens with zero attached hydrogens (tertiary/aromatic N) is 1. The summed E-state index contributed by atoms with van der Waals surface area (Å²) in [6.45, 7) is 7.69. The predicted octanol–water partition coefficient (Wildman–Crippen LogP) is 3.06. The first-order valence-electron chi connectivity index (χ1n) is 6.91. The number of amides is 1. The van der Waals surface area contributed by atoms with Crippen LogP contribution >= 0.6 is 0 Å². The van der Waals surface area contributed by atoms with Crippen molar-refractivity contribution in [3.05, 3.63) is 0 Å². The van der Waals surface area contributed by atoms with Crippen LogP contribution in [0.1, 0.15) is 66.2 Å². The molecule has 0 aliphatic heterocycles. The minimum Gasteiger partial charge on any atom is -0.480 e. The molecule has 0 saturated carbocycles. The van der Waals surface area contributed by atoms with Gasteiger partial charge in [0.05, 0.1) is 0 Å². The Labute approximate surface area is 110 Å². The highest BCUT2D eigenvalue weighted by Crippen LogP contribution is 2.24. The first-order valence-corrected chi connectivity index (χ1v) is 6.91. The average Bonchev–Trinajstić information content (AvgIpc) is 2.30. The number of carboxylic acid groups (broad SMARTS) is 1. The van der Waals surface area contributed by atoms with E-state index < -0.39 is 11.5 Å². The van der Waals surface area contributed by atoms with Gasteiger partial charge in [0.2, 0.25) is 5.91 Å². The highest BCUT2D eigenvalue weighted by Gasteiger charge is 2.40. The molecule has 0 bridgehead atoms. The van der Waals surface area contributed by atoms with Crippen LogP contribution < -0.4 is 0 Å². The molecule has 0 aliphatic rings. The van der Waals surface area contributed by atoms with Crippen LogP contribution in [0.15, 0.2) is 0 Å². The van der Waals surface area contributed by atoms with Gasteiger partial charge < -0.3 is 10.0 Å². The lowest BCUT2D eigenvalue weighted by atomic mass is 9.91. The fourth-order valence-electron chi connectivity index (χ4n) is 2.23. The molecular formula is C14H27NO3. The van der Waals surface area contributed by atoms with Gasteiger partial charge in [0, 0.05) is 13.5 Å². The Hall–Kier alpha value is -1.06. The summed E-state index contributed by atoms with van der Waals surface area (Å²) in [6, 6.07) is 0. The fourth-order valence-corrected chi connectivity index (χ4v) is 2.23. The first-order chi connectivity index (χ1) is 8.40.